The van der Waals surface area contributed by atoms with Gasteiger partial charge in [0.05, 0.1) is 18.2 Å². The molecule has 0 unspecified atom stereocenters. The van der Waals surface area contributed by atoms with Gasteiger partial charge in [-0.15, -0.1) is 0 Å². The maximum Gasteiger partial charge on any atom is 0.227 e. The molecule has 1 fully saturated rings. The first kappa shape index (κ1) is 20.3. The average molecular weight is 425 g/mol. The molecular weight excluding hydrogens is 403 g/mol. The zero-order valence-corrected chi connectivity index (χ0v) is 17.1. The first-order valence-corrected chi connectivity index (χ1v) is 10.3. The van der Waals surface area contributed by atoms with Crippen molar-refractivity contribution in [2.24, 2.45) is 0 Å². The number of halogens is 2. The number of piperidine rings is 1. The largest absolute Gasteiger partial charge is 0.368 e. The average Bonchev–Trinajstić information content (AvgIpc) is 2.76. The highest BCUT2D eigenvalue weighted by Gasteiger charge is 2.31. The number of amides is 1. The van der Waals surface area contributed by atoms with Gasteiger partial charge < -0.3 is 10.6 Å². The summed E-state index contributed by atoms with van der Waals surface area (Å²) in [5.41, 5.74) is 9.21. The number of hydrogen-bond donors (Lipinski definition) is 1. The van der Waals surface area contributed by atoms with Gasteiger partial charge in [0.2, 0.25) is 11.9 Å². The summed E-state index contributed by atoms with van der Waals surface area (Å²) in [6.07, 6.45) is 4.65. The Morgan fingerprint density at radius 2 is 1.87 bits per heavy atom. The van der Waals surface area contributed by atoms with Crippen LogP contribution in [0.15, 0.2) is 54.7 Å². The van der Waals surface area contributed by atoms with Gasteiger partial charge in [0.1, 0.15) is 5.82 Å². The predicted molar refractivity (Wildman–Crippen MR) is 115 cm³/mol. The number of rotatable bonds is 4. The molecule has 1 aliphatic heterocycles. The third kappa shape index (κ3) is 4.44. The number of aromatic nitrogens is 2. The lowest BCUT2D eigenvalue weighted by molar-refractivity contribution is -0.134. The SMILES string of the molecule is Nc1ncc(-c2ccc(Cl)cc2)c([C@@H]2CCCCN2C(=O)Cc2ccc(F)cc2)n1. The van der Waals surface area contributed by atoms with Crippen LogP contribution in [0.1, 0.15) is 36.6 Å². The molecule has 4 rings (SSSR count). The van der Waals surface area contributed by atoms with Crippen LogP contribution >= 0.6 is 11.6 Å². The first-order valence-electron chi connectivity index (χ1n) is 9.93. The molecule has 1 atom stereocenters. The van der Waals surface area contributed by atoms with Crippen LogP contribution in [0.2, 0.25) is 5.02 Å². The Kier molecular flexibility index (Phi) is 5.95. The molecule has 0 saturated carbocycles. The molecule has 1 aliphatic rings. The lowest BCUT2D eigenvalue weighted by atomic mass is 9.93. The number of hydrogen-bond acceptors (Lipinski definition) is 4. The number of benzene rings is 2. The third-order valence-corrected chi connectivity index (χ3v) is 5.65. The van der Waals surface area contributed by atoms with Crippen LogP contribution in [0.4, 0.5) is 10.3 Å². The molecule has 0 bridgehead atoms. The van der Waals surface area contributed by atoms with E-state index in [4.69, 9.17) is 17.3 Å². The number of nitrogens with zero attached hydrogens (tertiary/aromatic N) is 3. The van der Waals surface area contributed by atoms with E-state index >= 15 is 0 Å². The van der Waals surface area contributed by atoms with Crippen molar-refractivity contribution >= 4 is 23.5 Å². The molecule has 2 N–H and O–H groups in total. The highest BCUT2D eigenvalue weighted by molar-refractivity contribution is 6.30. The van der Waals surface area contributed by atoms with Gasteiger partial charge in [-0.1, -0.05) is 35.9 Å². The maximum absolute atomic E-state index is 13.2. The number of likely N-dealkylation sites (tertiary alicyclic amines) is 1. The Bertz CT molecular complexity index is 1040. The minimum atomic E-state index is -0.314. The van der Waals surface area contributed by atoms with Crippen molar-refractivity contribution in [1.82, 2.24) is 14.9 Å². The fraction of sp³-hybridized carbons (Fsp3) is 0.261. The summed E-state index contributed by atoms with van der Waals surface area (Å²) in [5, 5.41) is 0.644. The summed E-state index contributed by atoms with van der Waals surface area (Å²) >= 11 is 6.04. The summed E-state index contributed by atoms with van der Waals surface area (Å²) in [6, 6.07) is 13.3. The van der Waals surface area contributed by atoms with E-state index in [1.807, 2.05) is 29.2 Å². The van der Waals surface area contributed by atoms with E-state index in [2.05, 4.69) is 9.97 Å². The molecule has 0 spiro atoms. The lowest BCUT2D eigenvalue weighted by Gasteiger charge is -2.36. The Labute approximate surface area is 179 Å². The Morgan fingerprint density at radius 3 is 2.60 bits per heavy atom. The van der Waals surface area contributed by atoms with E-state index in [1.165, 1.54) is 12.1 Å². The van der Waals surface area contributed by atoms with Gasteiger partial charge in [0, 0.05) is 23.3 Å². The maximum atomic E-state index is 13.2. The van der Waals surface area contributed by atoms with E-state index in [0.29, 0.717) is 11.6 Å². The molecule has 3 aromatic rings. The Morgan fingerprint density at radius 1 is 1.13 bits per heavy atom. The van der Waals surface area contributed by atoms with Gasteiger partial charge in [-0.3, -0.25) is 4.79 Å². The van der Waals surface area contributed by atoms with Crippen LogP contribution in [0, 0.1) is 5.82 Å². The molecule has 5 nitrogen and oxygen atoms in total. The molecule has 2 heterocycles. The molecule has 1 aromatic heterocycles. The van der Waals surface area contributed by atoms with Crippen molar-refractivity contribution in [1.29, 1.82) is 0 Å². The second kappa shape index (κ2) is 8.79. The predicted octanol–water partition coefficient (Wildman–Crippen LogP) is 4.81. The fourth-order valence-electron chi connectivity index (χ4n) is 3.91. The van der Waals surface area contributed by atoms with E-state index in [-0.39, 0.29) is 30.1 Å². The van der Waals surface area contributed by atoms with Gasteiger partial charge in [-0.25, -0.2) is 14.4 Å². The van der Waals surface area contributed by atoms with E-state index in [1.54, 1.807) is 18.3 Å². The highest BCUT2D eigenvalue weighted by Crippen LogP contribution is 2.36. The van der Waals surface area contributed by atoms with Gasteiger partial charge in [-0.05, 0) is 54.7 Å². The van der Waals surface area contributed by atoms with Crippen LogP contribution in [-0.2, 0) is 11.2 Å². The zero-order chi connectivity index (χ0) is 21.1. The van der Waals surface area contributed by atoms with Crippen LogP contribution in [0.3, 0.4) is 0 Å². The van der Waals surface area contributed by atoms with E-state index in [9.17, 15) is 9.18 Å². The topological polar surface area (TPSA) is 72.1 Å². The molecule has 0 aliphatic carbocycles. The number of nitrogen functional groups attached to an aromatic ring is 1. The summed E-state index contributed by atoms with van der Waals surface area (Å²) in [4.78, 5) is 23.7. The van der Waals surface area contributed by atoms with Crippen molar-refractivity contribution < 1.29 is 9.18 Å². The van der Waals surface area contributed by atoms with Crippen LogP contribution < -0.4 is 5.73 Å². The second-order valence-electron chi connectivity index (χ2n) is 7.44. The van der Waals surface area contributed by atoms with Gasteiger partial charge in [-0.2, -0.15) is 0 Å². The van der Waals surface area contributed by atoms with Gasteiger partial charge >= 0.3 is 0 Å². The van der Waals surface area contributed by atoms with E-state index < -0.39 is 0 Å². The van der Waals surface area contributed by atoms with E-state index in [0.717, 1.165) is 41.6 Å². The molecule has 7 heteroatoms. The van der Waals surface area contributed by atoms with Gasteiger partial charge in [0.15, 0.2) is 0 Å². The fourth-order valence-corrected chi connectivity index (χ4v) is 4.03. The smallest absolute Gasteiger partial charge is 0.227 e. The van der Waals surface area contributed by atoms with Crippen molar-refractivity contribution in [2.45, 2.75) is 31.7 Å². The Balaban J connectivity index is 1.67. The summed E-state index contributed by atoms with van der Waals surface area (Å²) in [7, 11) is 0. The molecule has 2 aromatic carbocycles. The van der Waals surface area contributed by atoms with Crippen molar-refractivity contribution in [3.05, 3.63) is 76.8 Å². The van der Waals surface area contributed by atoms with Crippen molar-refractivity contribution in [3.8, 4) is 11.1 Å². The molecule has 30 heavy (non-hydrogen) atoms. The number of nitrogens with two attached hydrogens (primary N) is 1. The minimum absolute atomic E-state index is 0.00875. The molecule has 154 valence electrons. The van der Waals surface area contributed by atoms with Crippen LogP contribution in [-0.4, -0.2) is 27.3 Å². The first-order chi connectivity index (χ1) is 14.5. The lowest BCUT2D eigenvalue weighted by Crippen LogP contribution is -2.40. The highest BCUT2D eigenvalue weighted by atomic mass is 35.5. The van der Waals surface area contributed by atoms with Crippen molar-refractivity contribution in [2.75, 3.05) is 12.3 Å². The van der Waals surface area contributed by atoms with Crippen molar-refractivity contribution in [3.63, 3.8) is 0 Å². The van der Waals surface area contributed by atoms with Crippen LogP contribution in [0.25, 0.3) is 11.1 Å². The molecule has 1 saturated heterocycles. The third-order valence-electron chi connectivity index (χ3n) is 5.40. The Hall–Kier alpha value is -2.99. The second-order valence-corrected chi connectivity index (χ2v) is 7.87. The summed E-state index contributed by atoms with van der Waals surface area (Å²) < 4.78 is 13.2. The number of carbonyl (C=O) groups is 1. The van der Waals surface area contributed by atoms with Gasteiger partial charge in [0.25, 0.3) is 0 Å². The standard InChI is InChI=1S/C23H22ClFN4O/c24-17-8-6-16(7-9-17)19-14-27-23(26)28-22(19)20-3-1-2-12-29(20)21(30)13-15-4-10-18(25)11-5-15/h4-11,14,20H,1-3,12-13H2,(H2,26,27,28)/t20-/m0/s1. The molecule has 0 radical (unpaired) electrons. The van der Waals surface area contributed by atoms with Crippen LogP contribution in [0.5, 0.6) is 0 Å². The normalized spacial score (nSPS) is 16.5. The number of carbonyl (C=O) groups excluding carboxylic acids is 1. The monoisotopic (exact) mass is 424 g/mol. The summed E-state index contributed by atoms with van der Waals surface area (Å²) in [5.74, 6) is -0.143. The molecule has 1 amide bonds. The number of anilines is 1. The minimum Gasteiger partial charge on any atom is -0.368 e. The summed E-state index contributed by atoms with van der Waals surface area (Å²) in [6.45, 7) is 0.647. The zero-order valence-electron chi connectivity index (χ0n) is 16.4. The molecular formula is C23H22ClFN4O. The quantitative estimate of drug-likeness (QED) is 0.652.